The molecular weight excluding hydrogens is 172 g/mol. The van der Waals surface area contributed by atoms with Crippen LogP contribution in [-0.2, 0) is 0 Å². The first-order valence-corrected chi connectivity index (χ1v) is 5.32. The molecule has 1 aromatic carbocycles. The molecule has 0 saturated carbocycles. The second-order valence-electron chi connectivity index (χ2n) is 4.21. The van der Waals surface area contributed by atoms with E-state index in [4.69, 9.17) is 0 Å². The molecule has 0 aromatic heterocycles. The molecule has 1 aliphatic heterocycles. The SMILES string of the molecule is C[C@H]1CN(c2ccccc2)C[C@H](C)N1. The topological polar surface area (TPSA) is 15.3 Å². The van der Waals surface area contributed by atoms with E-state index in [1.165, 1.54) is 5.69 Å². The molecule has 76 valence electrons. The van der Waals surface area contributed by atoms with Crippen molar-refractivity contribution < 1.29 is 0 Å². The van der Waals surface area contributed by atoms with E-state index in [1.54, 1.807) is 0 Å². The zero-order valence-corrected chi connectivity index (χ0v) is 8.90. The van der Waals surface area contributed by atoms with Gasteiger partial charge in [-0.05, 0) is 26.0 Å². The summed E-state index contributed by atoms with van der Waals surface area (Å²) in [6.45, 7) is 6.69. The van der Waals surface area contributed by atoms with Gasteiger partial charge in [0.1, 0.15) is 0 Å². The van der Waals surface area contributed by atoms with E-state index < -0.39 is 0 Å². The smallest absolute Gasteiger partial charge is 0.0367 e. The van der Waals surface area contributed by atoms with Crippen LogP contribution in [0.1, 0.15) is 13.8 Å². The number of hydrogen-bond acceptors (Lipinski definition) is 2. The number of anilines is 1. The van der Waals surface area contributed by atoms with Crippen molar-refractivity contribution in [3.63, 3.8) is 0 Å². The quantitative estimate of drug-likeness (QED) is 0.727. The fourth-order valence-corrected chi connectivity index (χ4v) is 2.18. The van der Waals surface area contributed by atoms with Crippen molar-refractivity contribution in [1.82, 2.24) is 5.32 Å². The number of nitrogens with one attached hydrogen (secondary N) is 1. The standard InChI is InChI=1S/C12H18N2/c1-10-8-14(9-11(2)13-10)12-6-4-3-5-7-12/h3-7,10-11,13H,8-9H2,1-2H3/t10-,11-/m0/s1. The maximum Gasteiger partial charge on any atom is 0.0367 e. The zero-order chi connectivity index (χ0) is 9.97. The molecule has 1 fully saturated rings. The molecule has 2 nitrogen and oxygen atoms in total. The second-order valence-corrected chi connectivity index (χ2v) is 4.21. The minimum absolute atomic E-state index is 0.582. The van der Waals surface area contributed by atoms with E-state index >= 15 is 0 Å². The Bertz CT molecular complexity index is 274. The molecule has 2 atom stereocenters. The van der Waals surface area contributed by atoms with E-state index in [0.29, 0.717) is 12.1 Å². The first-order valence-electron chi connectivity index (χ1n) is 5.32. The predicted molar refractivity (Wildman–Crippen MR) is 60.7 cm³/mol. The minimum Gasteiger partial charge on any atom is -0.368 e. The minimum atomic E-state index is 0.582. The van der Waals surface area contributed by atoms with Crippen LogP contribution in [0.15, 0.2) is 30.3 Å². The molecule has 0 bridgehead atoms. The first-order chi connectivity index (χ1) is 6.75. The van der Waals surface area contributed by atoms with E-state index in [-0.39, 0.29) is 0 Å². The molecule has 0 aliphatic carbocycles. The van der Waals surface area contributed by atoms with Crippen molar-refractivity contribution >= 4 is 5.69 Å². The molecule has 2 heteroatoms. The normalized spacial score (nSPS) is 27.7. The summed E-state index contributed by atoms with van der Waals surface area (Å²) in [5.74, 6) is 0. The van der Waals surface area contributed by atoms with Gasteiger partial charge in [0.05, 0.1) is 0 Å². The second kappa shape index (κ2) is 4.01. The summed E-state index contributed by atoms with van der Waals surface area (Å²) in [6, 6.07) is 11.8. The number of para-hydroxylation sites is 1. The van der Waals surface area contributed by atoms with Crippen LogP contribution in [0.2, 0.25) is 0 Å². The van der Waals surface area contributed by atoms with E-state index in [9.17, 15) is 0 Å². The third-order valence-electron chi connectivity index (χ3n) is 2.68. The summed E-state index contributed by atoms with van der Waals surface area (Å²) >= 11 is 0. The lowest BCUT2D eigenvalue weighted by molar-refractivity contribution is 0.407. The van der Waals surface area contributed by atoms with Crippen molar-refractivity contribution in [2.45, 2.75) is 25.9 Å². The van der Waals surface area contributed by atoms with Crippen molar-refractivity contribution in [3.8, 4) is 0 Å². The average Bonchev–Trinajstić information content (AvgIpc) is 2.18. The van der Waals surface area contributed by atoms with Gasteiger partial charge in [0, 0.05) is 30.9 Å². The maximum atomic E-state index is 3.54. The van der Waals surface area contributed by atoms with E-state index in [0.717, 1.165) is 13.1 Å². The van der Waals surface area contributed by atoms with Crippen molar-refractivity contribution in [1.29, 1.82) is 0 Å². The molecule has 2 rings (SSSR count). The number of hydrogen-bond donors (Lipinski definition) is 1. The Balaban J connectivity index is 2.11. The van der Waals surface area contributed by atoms with Gasteiger partial charge < -0.3 is 10.2 Å². The summed E-state index contributed by atoms with van der Waals surface area (Å²) in [5.41, 5.74) is 1.34. The molecule has 14 heavy (non-hydrogen) atoms. The highest BCUT2D eigenvalue weighted by Crippen LogP contribution is 2.16. The summed E-state index contributed by atoms with van der Waals surface area (Å²) in [6.07, 6.45) is 0. The largest absolute Gasteiger partial charge is 0.368 e. The molecule has 0 amide bonds. The van der Waals surface area contributed by atoms with Gasteiger partial charge in [-0.15, -0.1) is 0 Å². The molecule has 0 spiro atoms. The molecule has 1 saturated heterocycles. The molecule has 1 aromatic rings. The van der Waals surface area contributed by atoms with Gasteiger partial charge in [-0.1, -0.05) is 18.2 Å². The van der Waals surface area contributed by atoms with Gasteiger partial charge >= 0.3 is 0 Å². The molecule has 1 aliphatic rings. The Hall–Kier alpha value is -1.02. The van der Waals surface area contributed by atoms with Crippen LogP contribution >= 0.6 is 0 Å². The van der Waals surface area contributed by atoms with Crippen LogP contribution in [0, 0.1) is 0 Å². The van der Waals surface area contributed by atoms with Crippen LogP contribution in [0.5, 0.6) is 0 Å². The molecule has 0 radical (unpaired) electrons. The first kappa shape index (κ1) is 9.53. The summed E-state index contributed by atoms with van der Waals surface area (Å²) < 4.78 is 0. The fourth-order valence-electron chi connectivity index (χ4n) is 2.18. The Kier molecular flexibility index (Phi) is 2.73. The highest BCUT2D eigenvalue weighted by atomic mass is 15.2. The van der Waals surface area contributed by atoms with Gasteiger partial charge in [-0.2, -0.15) is 0 Å². The summed E-state index contributed by atoms with van der Waals surface area (Å²) in [4.78, 5) is 2.45. The van der Waals surface area contributed by atoms with Crippen molar-refractivity contribution in [2.75, 3.05) is 18.0 Å². The van der Waals surface area contributed by atoms with Gasteiger partial charge in [0.2, 0.25) is 0 Å². The third kappa shape index (κ3) is 2.07. The fraction of sp³-hybridized carbons (Fsp3) is 0.500. The van der Waals surface area contributed by atoms with E-state index in [1.807, 2.05) is 0 Å². The molecule has 1 N–H and O–H groups in total. The summed E-state index contributed by atoms with van der Waals surface area (Å²) in [5, 5.41) is 3.54. The number of piperazine rings is 1. The lowest BCUT2D eigenvalue weighted by atomic mass is 10.1. The monoisotopic (exact) mass is 190 g/mol. The number of benzene rings is 1. The van der Waals surface area contributed by atoms with Gasteiger partial charge in [-0.25, -0.2) is 0 Å². The van der Waals surface area contributed by atoms with Crippen LogP contribution in [0.25, 0.3) is 0 Å². The molecule has 1 heterocycles. The summed E-state index contributed by atoms with van der Waals surface area (Å²) in [7, 11) is 0. The van der Waals surface area contributed by atoms with Crippen LogP contribution in [0.3, 0.4) is 0 Å². The third-order valence-corrected chi connectivity index (χ3v) is 2.68. The Labute approximate surface area is 85.9 Å². The number of nitrogens with zero attached hydrogens (tertiary/aromatic N) is 1. The highest BCUT2D eigenvalue weighted by Gasteiger charge is 2.20. The Morgan fingerprint density at radius 1 is 1.07 bits per heavy atom. The molecule has 0 unspecified atom stereocenters. The van der Waals surface area contributed by atoms with E-state index in [2.05, 4.69) is 54.4 Å². The zero-order valence-electron chi connectivity index (χ0n) is 8.90. The van der Waals surface area contributed by atoms with Gasteiger partial charge in [0.15, 0.2) is 0 Å². The molecular formula is C12H18N2. The highest BCUT2D eigenvalue weighted by molar-refractivity contribution is 5.46. The number of rotatable bonds is 1. The van der Waals surface area contributed by atoms with Crippen molar-refractivity contribution in [3.05, 3.63) is 30.3 Å². The lowest BCUT2D eigenvalue weighted by Gasteiger charge is -2.37. The predicted octanol–water partition coefficient (Wildman–Crippen LogP) is 1.87. The van der Waals surface area contributed by atoms with Crippen LogP contribution in [-0.4, -0.2) is 25.2 Å². The van der Waals surface area contributed by atoms with Crippen LogP contribution in [0.4, 0.5) is 5.69 Å². The Morgan fingerprint density at radius 2 is 1.64 bits per heavy atom. The Morgan fingerprint density at radius 3 is 2.21 bits per heavy atom. The van der Waals surface area contributed by atoms with Gasteiger partial charge in [0.25, 0.3) is 0 Å². The van der Waals surface area contributed by atoms with Crippen molar-refractivity contribution in [2.24, 2.45) is 0 Å². The lowest BCUT2D eigenvalue weighted by Crippen LogP contribution is -2.54. The van der Waals surface area contributed by atoms with Gasteiger partial charge in [-0.3, -0.25) is 0 Å². The average molecular weight is 190 g/mol. The maximum absolute atomic E-state index is 3.54. The van der Waals surface area contributed by atoms with Crippen LogP contribution < -0.4 is 10.2 Å².